The summed E-state index contributed by atoms with van der Waals surface area (Å²) in [7, 11) is 1.30. The van der Waals surface area contributed by atoms with E-state index >= 15 is 0 Å². The second kappa shape index (κ2) is 7.44. The Labute approximate surface area is 171 Å². The first-order valence-electron chi connectivity index (χ1n) is 9.13. The highest BCUT2D eigenvalue weighted by molar-refractivity contribution is 6.08. The Morgan fingerprint density at radius 3 is 2.84 bits per heavy atom. The first-order chi connectivity index (χ1) is 14.5. The van der Waals surface area contributed by atoms with E-state index in [2.05, 4.69) is 31.1 Å². The molecule has 1 unspecified atom stereocenters. The average molecular weight is 444 g/mol. The fraction of sp³-hybridized carbons (Fsp3) is 0.412. The van der Waals surface area contributed by atoms with Gasteiger partial charge in [0, 0.05) is 38.4 Å². The molecule has 1 aliphatic rings. The summed E-state index contributed by atoms with van der Waals surface area (Å²) in [6.07, 6.45) is -1.50. The molecule has 9 nitrogen and oxygen atoms in total. The highest BCUT2D eigenvalue weighted by atomic mass is 19.4. The van der Waals surface area contributed by atoms with Gasteiger partial charge in [-0.1, -0.05) is 0 Å². The van der Waals surface area contributed by atoms with Crippen molar-refractivity contribution in [2.45, 2.75) is 24.6 Å². The Kier molecular flexibility index (Phi) is 5.03. The third kappa shape index (κ3) is 4.42. The molecule has 1 fully saturated rings. The molecule has 31 heavy (non-hydrogen) atoms. The van der Waals surface area contributed by atoms with Gasteiger partial charge in [0.2, 0.25) is 0 Å². The molecule has 0 radical (unpaired) electrons. The van der Waals surface area contributed by atoms with Crippen LogP contribution in [0.3, 0.4) is 0 Å². The van der Waals surface area contributed by atoms with E-state index in [1.807, 2.05) is 0 Å². The third-order valence-corrected chi connectivity index (χ3v) is 4.63. The van der Waals surface area contributed by atoms with Crippen molar-refractivity contribution in [1.82, 2.24) is 29.7 Å². The van der Waals surface area contributed by atoms with Gasteiger partial charge in [0.25, 0.3) is 11.8 Å². The van der Waals surface area contributed by atoms with E-state index in [-0.39, 0.29) is 23.4 Å². The number of hydrogen-bond acceptors (Lipinski definition) is 6. The van der Waals surface area contributed by atoms with Crippen LogP contribution in [0, 0.1) is 0 Å². The van der Waals surface area contributed by atoms with Crippen molar-refractivity contribution in [3.63, 3.8) is 0 Å². The largest absolute Gasteiger partial charge is 0.437 e. The van der Waals surface area contributed by atoms with Gasteiger partial charge in [-0.3, -0.25) is 9.48 Å². The predicted molar refractivity (Wildman–Crippen MR) is 99.0 cm³/mol. The zero-order valence-electron chi connectivity index (χ0n) is 16.0. The number of nitrogens with one attached hydrogen (secondary N) is 3. The average Bonchev–Trinajstić information content (AvgIpc) is 3.23. The van der Waals surface area contributed by atoms with Crippen LogP contribution in [0.25, 0.3) is 5.65 Å². The molecule has 1 atom stereocenters. The molecular formula is C17H17F5N8O. The number of hydrogen-bond donors (Lipinski definition) is 3. The lowest BCUT2D eigenvalue weighted by Gasteiger charge is -2.30. The topological polar surface area (TPSA) is 101 Å². The summed E-state index contributed by atoms with van der Waals surface area (Å²) in [4.78, 5) is 16.9. The molecule has 166 valence electrons. The van der Waals surface area contributed by atoms with Crippen molar-refractivity contribution in [2.75, 3.05) is 23.7 Å². The second-order valence-electron chi connectivity index (χ2n) is 7.19. The van der Waals surface area contributed by atoms with E-state index in [0.717, 1.165) is 17.1 Å². The van der Waals surface area contributed by atoms with E-state index in [9.17, 15) is 26.7 Å². The Bertz CT molecular complexity index is 1120. The van der Waals surface area contributed by atoms with Crippen molar-refractivity contribution >= 4 is 23.1 Å². The van der Waals surface area contributed by atoms with Crippen LogP contribution in [-0.4, -0.2) is 55.3 Å². The molecule has 1 amide bonds. The predicted octanol–water partition coefficient (Wildman–Crippen LogP) is 2.14. The minimum atomic E-state index is -4.75. The summed E-state index contributed by atoms with van der Waals surface area (Å²) in [5.74, 6) is -3.50. The highest BCUT2D eigenvalue weighted by Gasteiger charge is 2.38. The van der Waals surface area contributed by atoms with Gasteiger partial charge in [0.15, 0.2) is 11.3 Å². The lowest BCUT2D eigenvalue weighted by molar-refractivity contribution is -0.140. The van der Waals surface area contributed by atoms with Gasteiger partial charge in [0.1, 0.15) is 11.4 Å². The van der Waals surface area contributed by atoms with Crippen molar-refractivity contribution in [3.05, 3.63) is 35.9 Å². The van der Waals surface area contributed by atoms with Crippen LogP contribution in [0.1, 0.15) is 22.5 Å². The van der Waals surface area contributed by atoms with Gasteiger partial charge in [-0.05, 0) is 6.07 Å². The highest BCUT2D eigenvalue weighted by Crippen LogP contribution is 2.33. The lowest BCUT2D eigenvalue weighted by Crippen LogP contribution is -2.49. The number of carbonyl (C=O) groups is 1. The van der Waals surface area contributed by atoms with E-state index in [0.29, 0.717) is 6.54 Å². The third-order valence-electron chi connectivity index (χ3n) is 4.63. The SMILES string of the molecule is Cn1cc(NC(=O)c2cnn3ccc(NC4CNCC(F)(F)C4)nc23)c(C(F)(F)F)n1. The number of alkyl halides is 5. The number of nitrogens with zero attached hydrogens (tertiary/aromatic N) is 5. The van der Waals surface area contributed by atoms with Crippen molar-refractivity contribution in [3.8, 4) is 0 Å². The van der Waals surface area contributed by atoms with Gasteiger partial charge >= 0.3 is 6.18 Å². The maximum atomic E-state index is 13.6. The minimum absolute atomic E-state index is 0.0514. The van der Waals surface area contributed by atoms with E-state index in [1.165, 1.54) is 23.8 Å². The van der Waals surface area contributed by atoms with Crippen LogP contribution in [0.5, 0.6) is 0 Å². The van der Waals surface area contributed by atoms with Crippen LogP contribution in [0.15, 0.2) is 24.7 Å². The number of piperidine rings is 1. The van der Waals surface area contributed by atoms with Crippen LogP contribution in [0.2, 0.25) is 0 Å². The summed E-state index contributed by atoms with van der Waals surface area (Å²) < 4.78 is 68.7. The molecule has 3 aromatic rings. The van der Waals surface area contributed by atoms with Crippen molar-refractivity contribution < 1.29 is 26.7 Å². The van der Waals surface area contributed by atoms with Gasteiger partial charge in [-0.15, -0.1) is 0 Å². The molecule has 14 heteroatoms. The molecule has 3 N–H and O–H groups in total. The van der Waals surface area contributed by atoms with Gasteiger partial charge in [0.05, 0.1) is 18.4 Å². The number of anilines is 2. The number of carbonyl (C=O) groups excluding carboxylic acids is 1. The molecule has 0 saturated carbocycles. The standard InChI is InChI=1S/C17H17F5N8O/c1-29-7-11(13(28-29)17(20,21)22)26-15(31)10-6-24-30-3-2-12(27-14(10)30)25-9-4-16(18,19)8-23-5-9/h2-3,6-7,9,23H,4-5,8H2,1H3,(H,25,27)(H,26,31). The van der Waals surface area contributed by atoms with Crippen molar-refractivity contribution in [1.29, 1.82) is 0 Å². The Morgan fingerprint density at radius 1 is 1.35 bits per heavy atom. The first-order valence-corrected chi connectivity index (χ1v) is 9.13. The molecule has 0 aromatic carbocycles. The minimum Gasteiger partial charge on any atom is -0.366 e. The molecule has 3 aromatic heterocycles. The molecule has 1 saturated heterocycles. The number of amides is 1. The van der Waals surface area contributed by atoms with E-state index < -0.39 is 42.0 Å². The van der Waals surface area contributed by atoms with Crippen LogP contribution >= 0.6 is 0 Å². The smallest absolute Gasteiger partial charge is 0.366 e. The number of aryl methyl sites for hydroxylation is 1. The maximum Gasteiger partial charge on any atom is 0.437 e. The maximum absolute atomic E-state index is 13.6. The monoisotopic (exact) mass is 444 g/mol. The lowest BCUT2D eigenvalue weighted by atomic mass is 10.0. The van der Waals surface area contributed by atoms with Gasteiger partial charge in [-0.2, -0.15) is 23.4 Å². The fourth-order valence-electron chi connectivity index (χ4n) is 3.33. The van der Waals surface area contributed by atoms with Crippen molar-refractivity contribution in [2.24, 2.45) is 7.05 Å². The Balaban J connectivity index is 1.57. The molecule has 0 spiro atoms. The normalized spacial score (nSPS) is 18.8. The second-order valence-corrected chi connectivity index (χ2v) is 7.19. The van der Waals surface area contributed by atoms with Crippen LogP contribution in [0.4, 0.5) is 33.5 Å². The Morgan fingerprint density at radius 2 is 2.13 bits per heavy atom. The number of fused-ring (bicyclic) bond motifs is 1. The fourth-order valence-corrected chi connectivity index (χ4v) is 3.33. The summed E-state index contributed by atoms with van der Waals surface area (Å²) in [6, 6.07) is 0.903. The van der Waals surface area contributed by atoms with Crippen LogP contribution < -0.4 is 16.0 Å². The van der Waals surface area contributed by atoms with E-state index in [4.69, 9.17) is 0 Å². The zero-order chi connectivity index (χ0) is 22.4. The number of rotatable bonds is 4. The number of aromatic nitrogens is 5. The van der Waals surface area contributed by atoms with Gasteiger partial charge in [-0.25, -0.2) is 18.3 Å². The molecule has 4 heterocycles. The summed E-state index contributed by atoms with van der Waals surface area (Å²) >= 11 is 0. The molecule has 0 bridgehead atoms. The summed E-state index contributed by atoms with van der Waals surface area (Å²) in [5.41, 5.74) is -1.78. The quantitative estimate of drug-likeness (QED) is 0.533. The first kappa shape index (κ1) is 21.0. The van der Waals surface area contributed by atoms with Gasteiger partial charge < -0.3 is 16.0 Å². The zero-order valence-corrected chi connectivity index (χ0v) is 16.0. The molecule has 0 aliphatic carbocycles. The Hall–Kier alpha value is -3.29. The van der Waals surface area contributed by atoms with Crippen LogP contribution in [-0.2, 0) is 13.2 Å². The summed E-state index contributed by atoms with van der Waals surface area (Å²) in [6.45, 7) is -0.102. The number of halogens is 5. The summed E-state index contributed by atoms with van der Waals surface area (Å²) in [5, 5.41) is 15.0. The molecule has 1 aliphatic heterocycles. The molecule has 4 rings (SSSR count). The molecular weight excluding hydrogens is 427 g/mol. The van der Waals surface area contributed by atoms with E-state index in [1.54, 1.807) is 0 Å².